The van der Waals surface area contributed by atoms with Crippen molar-refractivity contribution in [1.29, 1.82) is 0 Å². The fourth-order valence-electron chi connectivity index (χ4n) is 6.12. The summed E-state index contributed by atoms with van der Waals surface area (Å²) >= 11 is 0. The molecule has 2 heteroatoms. The Bertz CT molecular complexity index is 504. The Morgan fingerprint density at radius 2 is 1.80 bits per heavy atom. The maximum absolute atomic E-state index is 12.5. The van der Waals surface area contributed by atoms with Gasteiger partial charge in [-0.15, -0.1) is 0 Å². The molecule has 3 fully saturated rings. The third-order valence-corrected chi connectivity index (χ3v) is 6.85. The molecule has 0 aromatic carbocycles. The Balaban J connectivity index is 1.79. The first-order valence-electron chi connectivity index (χ1n) is 8.33. The number of allylic oxidation sites excluding steroid dienone is 2. The lowest BCUT2D eigenvalue weighted by Crippen LogP contribution is -2.55. The SMILES string of the molecule is CC1=C[C@@H]2C[C@H](C)[C@H]3CCC(=O)[C@H]4CC[C@H](C1=O)[C@@H]2[C@H]34. The van der Waals surface area contributed by atoms with E-state index in [1.54, 1.807) is 0 Å². The molecule has 0 heterocycles. The van der Waals surface area contributed by atoms with E-state index in [9.17, 15) is 9.59 Å². The molecule has 4 aliphatic carbocycles. The van der Waals surface area contributed by atoms with Gasteiger partial charge >= 0.3 is 0 Å². The Morgan fingerprint density at radius 1 is 1.05 bits per heavy atom. The monoisotopic (exact) mass is 272 g/mol. The van der Waals surface area contributed by atoms with Crippen LogP contribution in [0.5, 0.6) is 0 Å². The lowest BCUT2D eigenvalue weighted by atomic mass is 9.46. The van der Waals surface area contributed by atoms with Crippen LogP contribution in [0.25, 0.3) is 0 Å². The minimum Gasteiger partial charge on any atom is -0.299 e. The molecule has 0 aromatic heterocycles. The standard InChI is InChI=1S/C18H24O2/c1-9-7-11-8-10(2)18(20)14-4-3-13-15(19)6-5-12(9)17(13)16(11)14/h8-9,11-14,16-17H,3-7H2,1-2H3/t9-,11-,12+,13+,14-,16+,17+/m0/s1. The van der Waals surface area contributed by atoms with Gasteiger partial charge in [0.1, 0.15) is 5.78 Å². The first-order chi connectivity index (χ1) is 9.58. The first kappa shape index (κ1) is 12.8. The van der Waals surface area contributed by atoms with E-state index < -0.39 is 0 Å². The highest BCUT2D eigenvalue weighted by atomic mass is 16.1. The first-order valence-corrected chi connectivity index (χ1v) is 8.33. The van der Waals surface area contributed by atoms with Gasteiger partial charge in [-0.1, -0.05) is 13.0 Å². The molecule has 0 amide bonds. The molecule has 0 aliphatic heterocycles. The van der Waals surface area contributed by atoms with Crippen LogP contribution in [0.3, 0.4) is 0 Å². The van der Waals surface area contributed by atoms with Gasteiger partial charge in [-0.3, -0.25) is 9.59 Å². The molecule has 4 aliphatic rings. The number of Topliss-reactive ketones (excluding diaryl/α,β-unsaturated/α-hetero) is 2. The molecule has 0 spiro atoms. The third-order valence-electron chi connectivity index (χ3n) is 6.85. The summed E-state index contributed by atoms with van der Waals surface area (Å²) in [5.41, 5.74) is 0.988. The maximum atomic E-state index is 12.5. The van der Waals surface area contributed by atoms with Gasteiger partial charge in [0.2, 0.25) is 0 Å². The van der Waals surface area contributed by atoms with E-state index >= 15 is 0 Å². The van der Waals surface area contributed by atoms with Gasteiger partial charge in [-0.05, 0) is 67.8 Å². The second kappa shape index (κ2) is 4.29. The fourth-order valence-corrected chi connectivity index (χ4v) is 6.12. The van der Waals surface area contributed by atoms with E-state index in [0.29, 0.717) is 41.2 Å². The molecule has 4 rings (SSSR count). The minimum atomic E-state index is 0.229. The normalized spacial score (nSPS) is 50.5. The molecule has 0 unspecified atom stereocenters. The van der Waals surface area contributed by atoms with Crippen LogP contribution in [0.2, 0.25) is 0 Å². The van der Waals surface area contributed by atoms with Crippen molar-refractivity contribution in [3.8, 4) is 0 Å². The lowest BCUT2D eigenvalue weighted by molar-refractivity contribution is -0.147. The zero-order valence-corrected chi connectivity index (χ0v) is 12.5. The molecule has 20 heavy (non-hydrogen) atoms. The van der Waals surface area contributed by atoms with E-state index in [4.69, 9.17) is 0 Å². The predicted octanol–water partition coefficient (Wildman–Crippen LogP) is 3.41. The van der Waals surface area contributed by atoms with Crippen LogP contribution in [0.4, 0.5) is 0 Å². The van der Waals surface area contributed by atoms with Crippen LogP contribution in [0.1, 0.15) is 46.0 Å². The Hall–Kier alpha value is -0.920. The van der Waals surface area contributed by atoms with Gasteiger partial charge in [0, 0.05) is 18.3 Å². The summed E-state index contributed by atoms with van der Waals surface area (Å²) in [6.07, 6.45) is 7.28. The van der Waals surface area contributed by atoms with Crippen molar-refractivity contribution in [2.24, 2.45) is 41.4 Å². The van der Waals surface area contributed by atoms with Crippen LogP contribution in [0.15, 0.2) is 11.6 Å². The minimum absolute atomic E-state index is 0.229. The summed E-state index contributed by atoms with van der Waals surface area (Å²) in [4.78, 5) is 24.9. The molecule has 2 nitrogen and oxygen atoms in total. The molecule has 0 radical (unpaired) electrons. The number of hydrogen-bond acceptors (Lipinski definition) is 2. The van der Waals surface area contributed by atoms with Crippen molar-refractivity contribution < 1.29 is 9.59 Å². The van der Waals surface area contributed by atoms with Crippen LogP contribution in [-0.4, -0.2) is 11.6 Å². The molecular formula is C18H24O2. The van der Waals surface area contributed by atoms with Crippen LogP contribution in [0, 0.1) is 41.4 Å². The smallest absolute Gasteiger partial charge is 0.161 e. The predicted molar refractivity (Wildman–Crippen MR) is 77.0 cm³/mol. The Kier molecular flexibility index (Phi) is 2.74. The van der Waals surface area contributed by atoms with E-state index in [0.717, 1.165) is 31.3 Å². The van der Waals surface area contributed by atoms with E-state index in [-0.39, 0.29) is 11.8 Å². The number of carbonyl (C=O) groups excluding carboxylic acids is 2. The summed E-state index contributed by atoms with van der Waals surface area (Å²) in [5.74, 6) is 4.35. The van der Waals surface area contributed by atoms with Gasteiger partial charge in [-0.25, -0.2) is 0 Å². The van der Waals surface area contributed by atoms with Gasteiger partial charge in [-0.2, -0.15) is 0 Å². The summed E-state index contributed by atoms with van der Waals surface area (Å²) < 4.78 is 0. The summed E-state index contributed by atoms with van der Waals surface area (Å²) in [7, 11) is 0. The summed E-state index contributed by atoms with van der Waals surface area (Å²) in [5, 5.41) is 0. The highest BCUT2D eigenvalue weighted by Gasteiger charge is 2.56. The van der Waals surface area contributed by atoms with E-state index in [2.05, 4.69) is 13.0 Å². The number of carbonyl (C=O) groups is 2. The van der Waals surface area contributed by atoms with Gasteiger partial charge in [0.05, 0.1) is 0 Å². The quantitative estimate of drug-likeness (QED) is 0.677. The van der Waals surface area contributed by atoms with Crippen LogP contribution >= 0.6 is 0 Å². The number of ketones is 2. The number of hydrogen-bond donors (Lipinski definition) is 0. The third kappa shape index (κ3) is 1.57. The Morgan fingerprint density at radius 3 is 2.60 bits per heavy atom. The molecular weight excluding hydrogens is 248 g/mol. The topological polar surface area (TPSA) is 34.1 Å². The van der Waals surface area contributed by atoms with Crippen molar-refractivity contribution in [2.45, 2.75) is 46.0 Å². The maximum Gasteiger partial charge on any atom is 0.161 e. The van der Waals surface area contributed by atoms with E-state index in [1.807, 2.05) is 6.92 Å². The average molecular weight is 272 g/mol. The van der Waals surface area contributed by atoms with Crippen LogP contribution < -0.4 is 0 Å². The molecule has 0 N–H and O–H groups in total. The summed E-state index contributed by atoms with van der Waals surface area (Å²) in [6.45, 7) is 4.37. The molecule has 0 aromatic rings. The highest BCUT2D eigenvalue weighted by Crippen LogP contribution is 2.59. The van der Waals surface area contributed by atoms with Gasteiger partial charge < -0.3 is 0 Å². The molecule has 3 saturated carbocycles. The fraction of sp³-hybridized carbons (Fsp3) is 0.778. The zero-order chi connectivity index (χ0) is 14.0. The molecule has 0 saturated heterocycles. The molecule has 0 bridgehead atoms. The molecule has 108 valence electrons. The Labute approximate surface area is 121 Å². The van der Waals surface area contributed by atoms with E-state index in [1.165, 1.54) is 6.42 Å². The van der Waals surface area contributed by atoms with Crippen molar-refractivity contribution >= 4 is 11.6 Å². The largest absolute Gasteiger partial charge is 0.299 e. The second-order valence-electron chi connectivity index (χ2n) is 7.70. The zero-order valence-electron chi connectivity index (χ0n) is 12.5. The summed E-state index contributed by atoms with van der Waals surface area (Å²) in [6, 6.07) is 0. The van der Waals surface area contributed by atoms with Crippen molar-refractivity contribution in [3.63, 3.8) is 0 Å². The average Bonchev–Trinajstić information content (AvgIpc) is 2.43. The van der Waals surface area contributed by atoms with Crippen LogP contribution in [-0.2, 0) is 9.59 Å². The molecule has 7 atom stereocenters. The van der Waals surface area contributed by atoms with Crippen molar-refractivity contribution in [3.05, 3.63) is 11.6 Å². The number of rotatable bonds is 0. The van der Waals surface area contributed by atoms with Gasteiger partial charge in [0.25, 0.3) is 0 Å². The lowest BCUT2D eigenvalue weighted by Gasteiger charge is -2.57. The van der Waals surface area contributed by atoms with Crippen molar-refractivity contribution in [1.82, 2.24) is 0 Å². The second-order valence-corrected chi connectivity index (χ2v) is 7.70. The highest BCUT2D eigenvalue weighted by molar-refractivity contribution is 5.98. The van der Waals surface area contributed by atoms with Crippen molar-refractivity contribution in [2.75, 3.05) is 0 Å². The van der Waals surface area contributed by atoms with Gasteiger partial charge in [0.15, 0.2) is 5.78 Å².